The number of halogens is 3. The largest absolute Gasteiger partial charge is 0.466 e. The molecule has 3 heterocycles. The van der Waals surface area contributed by atoms with Crippen LogP contribution < -0.4 is 21.1 Å². The Balaban J connectivity index is 1.70. The highest BCUT2D eigenvalue weighted by Crippen LogP contribution is 2.37. The summed E-state index contributed by atoms with van der Waals surface area (Å²) in [5.74, 6) is 0.156. The average molecular weight is 515 g/mol. The lowest BCUT2D eigenvalue weighted by Gasteiger charge is -2.20. The number of anilines is 4. The Hall–Kier alpha value is -4.06. The first-order valence-electron chi connectivity index (χ1n) is 11.6. The van der Waals surface area contributed by atoms with Gasteiger partial charge in [-0.15, -0.1) is 0 Å². The third kappa shape index (κ3) is 6.02. The van der Waals surface area contributed by atoms with E-state index in [2.05, 4.69) is 25.6 Å². The Kier molecular flexibility index (Phi) is 7.39. The summed E-state index contributed by atoms with van der Waals surface area (Å²) in [6.45, 7) is 1.33. The monoisotopic (exact) mass is 514 g/mol. The Morgan fingerprint density at radius 2 is 1.89 bits per heavy atom. The molecule has 12 heteroatoms. The lowest BCUT2D eigenvalue weighted by molar-refractivity contribution is -0.153. The predicted molar refractivity (Wildman–Crippen MR) is 139 cm³/mol. The van der Waals surface area contributed by atoms with Crippen molar-refractivity contribution < 1.29 is 17.9 Å². The minimum atomic E-state index is -4.54. The van der Waals surface area contributed by atoms with E-state index in [1.54, 1.807) is 19.2 Å². The molecule has 0 unspecified atom stereocenters. The van der Waals surface area contributed by atoms with Crippen molar-refractivity contribution in [2.45, 2.75) is 13.1 Å². The Morgan fingerprint density at radius 1 is 1.14 bits per heavy atom. The maximum atomic E-state index is 13.0. The summed E-state index contributed by atoms with van der Waals surface area (Å²) in [6.07, 6.45) is -1.00. The molecule has 0 spiro atoms. The van der Waals surface area contributed by atoms with E-state index in [-0.39, 0.29) is 29.0 Å². The van der Waals surface area contributed by atoms with Crippen LogP contribution in [-0.4, -0.2) is 64.4 Å². The number of fused-ring (bicyclic) bond motifs is 1. The summed E-state index contributed by atoms with van der Waals surface area (Å²) in [5, 5.41) is 7.06. The van der Waals surface area contributed by atoms with Gasteiger partial charge in [-0.25, -0.2) is 9.97 Å². The fraction of sp³-hybridized carbons (Fsp3) is 0.320. The predicted octanol–water partition coefficient (Wildman–Crippen LogP) is 4.58. The quantitative estimate of drug-likeness (QED) is 0.298. The van der Waals surface area contributed by atoms with Crippen LogP contribution in [0.1, 0.15) is 5.56 Å². The molecule has 0 aliphatic heterocycles. The number of hydrogen-bond acceptors (Lipinski definition) is 8. The fourth-order valence-corrected chi connectivity index (χ4v) is 3.85. The number of nitrogen functional groups attached to an aromatic ring is 1. The van der Waals surface area contributed by atoms with Crippen molar-refractivity contribution in [3.63, 3.8) is 0 Å². The number of nitrogens with two attached hydrogens (primary N) is 1. The number of aromatic nitrogens is 4. The van der Waals surface area contributed by atoms with Crippen LogP contribution >= 0.6 is 0 Å². The minimum absolute atomic E-state index is 0.162. The van der Waals surface area contributed by atoms with Crippen molar-refractivity contribution in [3.8, 4) is 17.1 Å². The summed E-state index contributed by atoms with van der Waals surface area (Å²) in [4.78, 5) is 15.1. The van der Waals surface area contributed by atoms with E-state index in [1.165, 1.54) is 0 Å². The van der Waals surface area contributed by atoms with Crippen LogP contribution in [0, 0.1) is 6.92 Å². The molecule has 0 atom stereocenters. The first-order valence-corrected chi connectivity index (χ1v) is 11.6. The standard InChI is InChI=1S/C25H29F3N8O/c1-15-20(29)22(30-11-12-35(2)3)34-23(37-14-25(26,27)28)21(15)33-24-31-10-9-18(32-24)17-13-36(4)19-8-6-5-7-16(17)19/h5-10,13H,11-12,14,29H2,1-4H3,(H,30,34)(H,31,32,33). The molecule has 0 radical (unpaired) electrons. The molecule has 9 nitrogen and oxygen atoms in total. The van der Waals surface area contributed by atoms with Crippen molar-refractivity contribution in [2.75, 3.05) is 50.2 Å². The number of rotatable bonds is 9. The lowest BCUT2D eigenvalue weighted by Crippen LogP contribution is -2.23. The maximum absolute atomic E-state index is 13.0. The van der Waals surface area contributed by atoms with E-state index in [9.17, 15) is 13.2 Å². The molecule has 37 heavy (non-hydrogen) atoms. The number of benzene rings is 1. The Labute approximate surface area is 212 Å². The van der Waals surface area contributed by atoms with Crippen LogP contribution in [0.15, 0.2) is 42.7 Å². The van der Waals surface area contributed by atoms with Gasteiger partial charge in [0.1, 0.15) is 5.69 Å². The van der Waals surface area contributed by atoms with Crippen molar-refractivity contribution >= 4 is 34.0 Å². The van der Waals surface area contributed by atoms with Gasteiger partial charge in [-0.1, -0.05) is 18.2 Å². The molecule has 4 N–H and O–H groups in total. The maximum Gasteiger partial charge on any atom is 0.422 e. The summed E-state index contributed by atoms with van der Waals surface area (Å²) < 4.78 is 46.1. The molecular formula is C25H29F3N8O. The van der Waals surface area contributed by atoms with Gasteiger partial charge in [0.05, 0.1) is 11.4 Å². The molecule has 1 aromatic carbocycles. The number of para-hydroxylation sites is 1. The van der Waals surface area contributed by atoms with Crippen molar-refractivity contribution in [1.82, 2.24) is 24.4 Å². The normalized spacial score (nSPS) is 11.8. The van der Waals surface area contributed by atoms with Crippen LogP contribution in [0.2, 0.25) is 0 Å². The number of ether oxygens (including phenoxy) is 1. The minimum Gasteiger partial charge on any atom is -0.466 e. The molecule has 0 saturated heterocycles. The lowest BCUT2D eigenvalue weighted by atomic mass is 10.1. The van der Waals surface area contributed by atoms with E-state index in [0.717, 1.165) is 16.5 Å². The van der Waals surface area contributed by atoms with Gasteiger partial charge >= 0.3 is 6.18 Å². The van der Waals surface area contributed by atoms with Crippen molar-refractivity contribution in [2.24, 2.45) is 7.05 Å². The van der Waals surface area contributed by atoms with Crippen LogP contribution in [0.5, 0.6) is 5.88 Å². The molecule has 3 aromatic heterocycles. The smallest absolute Gasteiger partial charge is 0.422 e. The van der Waals surface area contributed by atoms with E-state index in [1.807, 2.05) is 61.1 Å². The van der Waals surface area contributed by atoms with E-state index < -0.39 is 12.8 Å². The second-order valence-electron chi connectivity index (χ2n) is 8.87. The molecule has 0 aliphatic carbocycles. The van der Waals surface area contributed by atoms with Gasteiger partial charge < -0.3 is 30.6 Å². The van der Waals surface area contributed by atoms with Crippen LogP contribution in [0.3, 0.4) is 0 Å². The van der Waals surface area contributed by atoms with Gasteiger partial charge in [-0.3, -0.25) is 0 Å². The molecule has 0 saturated carbocycles. The van der Waals surface area contributed by atoms with Crippen molar-refractivity contribution in [1.29, 1.82) is 0 Å². The zero-order chi connectivity index (χ0) is 26.7. The average Bonchev–Trinajstić information content (AvgIpc) is 3.19. The second-order valence-corrected chi connectivity index (χ2v) is 8.87. The fourth-order valence-electron chi connectivity index (χ4n) is 3.85. The molecule has 4 rings (SSSR count). The zero-order valence-electron chi connectivity index (χ0n) is 21.0. The zero-order valence-corrected chi connectivity index (χ0v) is 21.0. The van der Waals surface area contributed by atoms with Crippen LogP contribution in [0.4, 0.5) is 36.3 Å². The molecule has 0 bridgehead atoms. The number of nitrogens with one attached hydrogen (secondary N) is 2. The van der Waals surface area contributed by atoms with Gasteiger partial charge in [-0.2, -0.15) is 18.2 Å². The number of hydrogen-bond donors (Lipinski definition) is 3. The van der Waals surface area contributed by atoms with Crippen LogP contribution in [-0.2, 0) is 7.05 Å². The van der Waals surface area contributed by atoms with E-state index in [4.69, 9.17) is 10.5 Å². The second kappa shape index (κ2) is 10.5. The van der Waals surface area contributed by atoms with Gasteiger partial charge in [0.2, 0.25) is 11.8 Å². The molecule has 0 amide bonds. The van der Waals surface area contributed by atoms with E-state index in [0.29, 0.717) is 24.3 Å². The topological polar surface area (TPSA) is 106 Å². The third-order valence-electron chi connectivity index (χ3n) is 5.75. The summed E-state index contributed by atoms with van der Waals surface area (Å²) in [7, 11) is 5.75. The molecule has 0 fully saturated rings. The van der Waals surface area contributed by atoms with E-state index >= 15 is 0 Å². The number of alkyl halides is 3. The molecule has 196 valence electrons. The first kappa shape index (κ1) is 26.0. The molecule has 4 aromatic rings. The molecule has 0 aliphatic rings. The number of aryl methyl sites for hydroxylation is 1. The number of likely N-dealkylation sites (N-methyl/N-ethyl adjacent to an activating group) is 1. The van der Waals surface area contributed by atoms with Gasteiger partial charge in [0, 0.05) is 54.6 Å². The van der Waals surface area contributed by atoms with Gasteiger partial charge in [-0.05, 0) is 33.2 Å². The summed E-state index contributed by atoms with van der Waals surface area (Å²) in [5.41, 5.74) is 9.77. The van der Waals surface area contributed by atoms with Crippen molar-refractivity contribution in [3.05, 3.63) is 48.3 Å². The van der Waals surface area contributed by atoms with Crippen LogP contribution in [0.25, 0.3) is 22.2 Å². The number of pyridine rings is 1. The Bertz CT molecular complexity index is 1400. The highest BCUT2D eigenvalue weighted by Gasteiger charge is 2.30. The highest BCUT2D eigenvalue weighted by molar-refractivity contribution is 5.95. The SMILES string of the molecule is Cc1c(N)c(NCCN(C)C)nc(OCC(F)(F)F)c1Nc1nccc(-c2cn(C)c3ccccc23)n1. The summed E-state index contributed by atoms with van der Waals surface area (Å²) >= 11 is 0. The highest BCUT2D eigenvalue weighted by atomic mass is 19.4. The number of nitrogens with zero attached hydrogens (tertiary/aromatic N) is 5. The Morgan fingerprint density at radius 3 is 2.62 bits per heavy atom. The summed E-state index contributed by atoms with van der Waals surface area (Å²) in [6, 6.07) is 9.68. The van der Waals surface area contributed by atoms with Gasteiger partial charge in [0.15, 0.2) is 12.4 Å². The third-order valence-corrected chi connectivity index (χ3v) is 5.75. The molecular weight excluding hydrogens is 485 g/mol. The van der Waals surface area contributed by atoms with Gasteiger partial charge in [0.25, 0.3) is 0 Å². The first-order chi connectivity index (χ1) is 17.5.